The maximum Gasteiger partial charge on any atom is 0.0325 e. The Labute approximate surface area is 129 Å². The fourth-order valence-corrected chi connectivity index (χ4v) is 2.75. The van der Waals surface area contributed by atoms with Crippen LogP contribution in [-0.2, 0) is 0 Å². The summed E-state index contributed by atoms with van der Waals surface area (Å²) in [6, 6.07) is 18.3. The first kappa shape index (κ1) is 15.8. The van der Waals surface area contributed by atoms with Crippen molar-refractivity contribution in [3.8, 4) is 0 Å². The molecule has 1 nitrogen and oxygen atoms in total. The monoisotopic (exact) mass is 281 g/mol. The summed E-state index contributed by atoms with van der Waals surface area (Å²) in [5.41, 5.74) is 5.48. The summed E-state index contributed by atoms with van der Waals surface area (Å²) in [4.78, 5) is 0. The van der Waals surface area contributed by atoms with E-state index in [1.54, 1.807) is 0 Å². The second-order valence-electron chi connectivity index (χ2n) is 5.98. The highest BCUT2D eigenvalue weighted by molar-refractivity contribution is 5.31. The van der Waals surface area contributed by atoms with Crippen molar-refractivity contribution in [2.75, 3.05) is 0 Å². The molecule has 0 radical (unpaired) electrons. The van der Waals surface area contributed by atoms with Gasteiger partial charge in [-0.05, 0) is 49.4 Å². The van der Waals surface area contributed by atoms with Crippen LogP contribution in [0.15, 0.2) is 48.5 Å². The van der Waals surface area contributed by atoms with Crippen LogP contribution in [-0.4, -0.2) is 0 Å². The molecule has 0 aliphatic rings. The van der Waals surface area contributed by atoms with Gasteiger partial charge >= 0.3 is 0 Å². The van der Waals surface area contributed by atoms with Crippen LogP contribution in [0.1, 0.15) is 61.0 Å². The van der Waals surface area contributed by atoms with Gasteiger partial charge in [-0.2, -0.15) is 0 Å². The smallest absolute Gasteiger partial charge is 0.0325 e. The molecule has 2 atom stereocenters. The van der Waals surface area contributed by atoms with Crippen molar-refractivity contribution in [3.63, 3.8) is 0 Å². The first-order valence-electron chi connectivity index (χ1n) is 8.00. The number of hydrogen-bond acceptors (Lipinski definition) is 1. The van der Waals surface area contributed by atoms with E-state index in [2.05, 4.69) is 81.5 Å². The molecule has 2 aromatic carbocycles. The molecular weight excluding hydrogens is 254 g/mol. The SMILES string of the molecule is CCCC(NC(C)c1ccc(C)c(C)c1)c1ccccc1. The summed E-state index contributed by atoms with van der Waals surface area (Å²) in [5, 5.41) is 3.80. The van der Waals surface area contributed by atoms with Crippen LogP contribution in [0.3, 0.4) is 0 Å². The molecule has 0 heterocycles. The normalized spacial score (nSPS) is 13.9. The minimum absolute atomic E-state index is 0.362. The van der Waals surface area contributed by atoms with E-state index in [1.807, 2.05) is 0 Å². The van der Waals surface area contributed by atoms with E-state index in [9.17, 15) is 0 Å². The highest BCUT2D eigenvalue weighted by atomic mass is 14.9. The van der Waals surface area contributed by atoms with E-state index in [1.165, 1.54) is 35.1 Å². The van der Waals surface area contributed by atoms with Crippen LogP contribution in [0.25, 0.3) is 0 Å². The molecule has 2 aromatic rings. The standard InChI is InChI=1S/C20H27N/c1-5-9-20(18-10-7-6-8-11-18)21-17(4)19-13-12-15(2)16(3)14-19/h6-8,10-14,17,20-21H,5,9H2,1-4H3. The minimum Gasteiger partial charge on any atom is -0.303 e. The van der Waals surface area contributed by atoms with E-state index in [0.29, 0.717) is 12.1 Å². The molecular formula is C20H27N. The number of rotatable bonds is 6. The van der Waals surface area contributed by atoms with Gasteiger partial charge in [0.25, 0.3) is 0 Å². The zero-order valence-corrected chi connectivity index (χ0v) is 13.7. The molecule has 0 bridgehead atoms. The van der Waals surface area contributed by atoms with Gasteiger partial charge in [-0.25, -0.2) is 0 Å². The van der Waals surface area contributed by atoms with Crippen LogP contribution in [0, 0.1) is 13.8 Å². The van der Waals surface area contributed by atoms with Crippen molar-refractivity contribution in [3.05, 3.63) is 70.8 Å². The third kappa shape index (κ3) is 4.18. The number of nitrogens with one attached hydrogen (secondary N) is 1. The van der Waals surface area contributed by atoms with Gasteiger partial charge in [0, 0.05) is 12.1 Å². The molecule has 0 aromatic heterocycles. The Kier molecular flexibility index (Phi) is 5.58. The molecule has 112 valence electrons. The number of aryl methyl sites for hydroxylation is 2. The van der Waals surface area contributed by atoms with Crippen molar-refractivity contribution in [2.24, 2.45) is 0 Å². The van der Waals surface area contributed by atoms with Crippen molar-refractivity contribution in [1.29, 1.82) is 0 Å². The number of hydrogen-bond donors (Lipinski definition) is 1. The molecule has 0 spiro atoms. The summed E-state index contributed by atoms with van der Waals surface area (Å²) >= 11 is 0. The molecule has 1 N–H and O–H groups in total. The van der Waals surface area contributed by atoms with Gasteiger partial charge in [-0.15, -0.1) is 0 Å². The van der Waals surface area contributed by atoms with E-state index in [4.69, 9.17) is 0 Å². The molecule has 2 unspecified atom stereocenters. The molecule has 0 aliphatic carbocycles. The Morgan fingerprint density at radius 1 is 0.905 bits per heavy atom. The molecule has 0 saturated carbocycles. The van der Waals surface area contributed by atoms with Gasteiger partial charge in [0.15, 0.2) is 0 Å². The lowest BCUT2D eigenvalue weighted by atomic mass is 9.98. The quantitative estimate of drug-likeness (QED) is 0.737. The van der Waals surface area contributed by atoms with Gasteiger partial charge in [-0.1, -0.05) is 61.9 Å². The third-order valence-corrected chi connectivity index (χ3v) is 4.26. The van der Waals surface area contributed by atoms with Gasteiger partial charge in [0.05, 0.1) is 0 Å². The Balaban J connectivity index is 2.14. The number of benzene rings is 2. The Morgan fingerprint density at radius 2 is 1.62 bits per heavy atom. The zero-order valence-electron chi connectivity index (χ0n) is 13.7. The molecule has 1 heteroatoms. The average Bonchev–Trinajstić information content (AvgIpc) is 2.50. The van der Waals surface area contributed by atoms with Crippen LogP contribution in [0.2, 0.25) is 0 Å². The van der Waals surface area contributed by atoms with Gasteiger partial charge in [0.1, 0.15) is 0 Å². The lowest BCUT2D eigenvalue weighted by Gasteiger charge is -2.24. The summed E-state index contributed by atoms with van der Waals surface area (Å²) in [6.07, 6.45) is 2.35. The summed E-state index contributed by atoms with van der Waals surface area (Å²) in [6.45, 7) is 8.86. The lowest BCUT2D eigenvalue weighted by Crippen LogP contribution is -2.24. The van der Waals surface area contributed by atoms with Gasteiger partial charge in [-0.3, -0.25) is 0 Å². The Morgan fingerprint density at radius 3 is 2.24 bits per heavy atom. The lowest BCUT2D eigenvalue weighted by molar-refractivity contribution is 0.439. The third-order valence-electron chi connectivity index (χ3n) is 4.26. The topological polar surface area (TPSA) is 12.0 Å². The zero-order chi connectivity index (χ0) is 15.2. The van der Waals surface area contributed by atoms with Crippen LogP contribution in [0.4, 0.5) is 0 Å². The van der Waals surface area contributed by atoms with Crippen molar-refractivity contribution < 1.29 is 0 Å². The van der Waals surface area contributed by atoms with Gasteiger partial charge in [0.2, 0.25) is 0 Å². The van der Waals surface area contributed by atoms with E-state index < -0.39 is 0 Å². The maximum absolute atomic E-state index is 3.80. The van der Waals surface area contributed by atoms with Crippen LogP contribution >= 0.6 is 0 Å². The highest BCUT2D eigenvalue weighted by Gasteiger charge is 2.14. The fraction of sp³-hybridized carbons (Fsp3) is 0.400. The largest absolute Gasteiger partial charge is 0.303 e. The van der Waals surface area contributed by atoms with Crippen LogP contribution in [0.5, 0.6) is 0 Å². The molecule has 0 amide bonds. The molecule has 2 rings (SSSR count). The second kappa shape index (κ2) is 7.42. The second-order valence-corrected chi connectivity index (χ2v) is 5.98. The predicted molar refractivity (Wildman–Crippen MR) is 91.6 cm³/mol. The first-order valence-corrected chi connectivity index (χ1v) is 8.00. The molecule has 21 heavy (non-hydrogen) atoms. The maximum atomic E-state index is 3.80. The molecule has 0 saturated heterocycles. The van der Waals surface area contributed by atoms with Crippen molar-refractivity contribution in [2.45, 2.75) is 52.6 Å². The Bertz CT molecular complexity index is 559. The average molecular weight is 281 g/mol. The molecule has 0 aliphatic heterocycles. The first-order chi connectivity index (χ1) is 10.1. The highest BCUT2D eigenvalue weighted by Crippen LogP contribution is 2.24. The summed E-state index contributed by atoms with van der Waals surface area (Å²) < 4.78 is 0. The van der Waals surface area contributed by atoms with E-state index in [-0.39, 0.29) is 0 Å². The fourth-order valence-electron chi connectivity index (χ4n) is 2.75. The van der Waals surface area contributed by atoms with Crippen molar-refractivity contribution >= 4 is 0 Å². The van der Waals surface area contributed by atoms with Crippen molar-refractivity contribution in [1.82, 2.24) is 5.32 Å². The Hall–Kier alpha value is -1.60. The van der Waals surface area contributed by atoms with E-state index in [0.717, 1.165) is 0 Å². The predicted octanol–water partition coefficient (Wildman–Crippen LogP) is 5.50. The van der Waals surface area contributed by atoms with E-state index >= 15 is 0 Å². The summed E-state index contributed by atoms with van der Waals surface area (Å²) in [5.74, 6) is 0. The summed E-state index contributed by atoms with van der Waals surface area (Å²) in [7, 11) is 0. The van der Waals surface area contributed by atoms with Gasteiger partial charge < -0.3 is 5.32 Å². The molecule has 0 fully saturated rings. The minimum atomic E-state index is 0.362. The van der Waals surface area contributed by atoms with Crippen LogP contribution < -0.4 is 5.32 Å².